The number of para-hydroxylation sites is 1. The average molecular weight is 458 g/mol. The van der Waals surface area contributed by atoms with Gasteiger partial charge in [-0.2, -0.15) is 0 Å². The predicted molar refractivity (Wildman–Crippen MR) is 117 cm³/mol. The molecule has 0 fully saturated rings. The smallest absolute Gasteiger partial charge is 0.328 e. The predicted octanol–water partition coefficient (Wildman–Crippen LogP) is 1.25. The van der Waals surface area contributed by atoms with Crippen molar-refractivity contribution in [1.82, 2.24) is 19.3 Å². The number of likely N-dealkylation sites (N-methyl/N-ethyl adjacent to an activating group) is 1. The van der Waals surface area contributed by atoms with Crippen molar-refractivity contribution in [2.75, 3.05) is 7.05 Å². The zero-order chi connectivity index (χ0) is 23.1. The maximum absolute atomic E-state index is 13.0. The normalized spacial score (nSPS) is 12.8. The minimum Gasteiger partial charge on any atom is -0.457 e. The van der Waals surface area contributed by atoms with E-state index < -0.39 is 34.2 Å². The highest BCUT2D eigenvalue weighted by atomic mass is 32.2. The van der Waals surface area contributed by atoms with Gasteiger partial charge in [-0.25, -0.2) is 18.8 Å². The van der Waals surface area contributed by atoms with Crippen LogP contribution in [0, 0.1) is 0 Å². The summed E-state index contributed by atoms with van der Waals surface area (Å²) < 4.78 is 21.2. The summed E-state index contributed by atoms with van der Waals surface area (Å²) in [6.45, 7) is 0.0547. The molecule has 0 radical (unpaired) electrons. The number of hydrogen-bond acceptors (Lipinski definition) is 6. The Hall–Kier alpha value is -3.54. The second-order valence-electron chi connectivity index (χ2n) is 6.77. The Balaban J connectivity index is 1.71. The summed E-state index contributed by atoms with van der Waals surface area (Å²) in [5.41, 5.74) is 0.409. The average Bonchev–Trinajstić information content (AvgIpc) is 2.80. The van der Waals surface area contributed by atoms with Gasteiger partial charge in [0, 0.05) is 25.9 Å². The van der Waals surface area contributed by atoms with Crippen LogP contribution >= 0.6 is 0 Å². The van der Waals surface area contributed by atoms with Gasteiger partial charge in [0.15, 0.2) is 0 Å². The first-order chi connectivity index (χ1) is 15.4. The number of aryl methyl sites for hydroxylation is 1. The van der Waals surface area contributed by atoms with Crippen LogP contribution in [0.15, 0.2) is 81.3 Å². The molecule has 168 valence electrons. The number of nitrogens with one attached hydrogen (secondary N) is 2. The lowest BCUT2D eigenvalue weighted by Gasteiger charge is -2.25. The molecule has 0 saturated carbocycles. The summed E-state index contributed by atoms with van der Waals surface area (Å²) >= 11 is 0. The SMILES string of the molecule is CN(C(CCn1ccc(=O)[nH]c1=O)C(=O)NO)S(=O)c1ccc(Oc2ccccc2)cc1. The van der Waals surface area contributed by atoms with E-state index in [1.165, 1.54) is 28.2 Å². The molecule has 32 heavy (non-hydrogen) atoms. The molecule has 1 amide bonds. The third-order valence-electron chi connectivity index (χ3n) is 4.66. The van der Waals surface area contributed by atoms with E-state index in [2.05, 4.69) is 4.98 Å². The van der Waals surface area contributed by atoms with Crippen molar-refractivity contribution in [1.29, 1.82) is 0 Å². The second kappa shape index (κ2) is 10.7. The van der Waals surface area contributed by atoms with Crippen molar-refractivity contribution in [3.05, 3.63) is 87.7 Å². The van der Waals surface area contributed by atoms with E-state index in [1.807, 2.05) is 30.3 Å². The largest absolute Gasteiger partial charge is 0.457 e. The molecule has 1 heterocycles. The number of H-pyrrole nitrogens is 1. The fourth-order valence-electron chi connectivity index (χ4n) is 2.96. The molecule has 0 aliphatic rings. The Morgan fingerprint density at radius 3 is 2.41 bits per heavy atom. The molecular formula is C21H22N4O6S. The summed E-state index contributed by atoms with van der Waals surface area (Å²) in [5, 5.41) is 9.11. The summed E-state index contributed by atoms with van der Waals surface area (Å²) in [7, 11) is -0.269. The van der Waals surface area contributed by atoms with Crippen LogP contribution in [-0.2, 0) is 22.3 Å². The van der Waals surface area contributed by atoms with E-state index >= 15 is 0 Å². The zero-order valence-corrected chi connectivity index (χ0v) is 18.0. The number of ether oxygens (including phenoxy) is 1. The van der Waals surface area contributed by atoms with Gasteiger partial charge in [0.25, 0.3) is 11.5 Å². The topological polar surface area (TPSA) is 134 Å². The van der Waals surface area contributed by atoms with Gasteiger partial charge in [-0.3, -0.25) is 19.8 Å². The molecule has 11 heteroatoms. The maximum Gasteiger partial charge on any atom is 0.328 e. The van der Waals surface area contributed by atoms with Crippen LogP contribution in [-0.4, -0.2) is 42.3 Å². The highest BCUT2D eigenvalue weighted by Gasteiger charge is 2.27. The van der Waals surface area contributed by atoms with Crippen LogP contribution < -0.4 is 21.5 Å². The first-order valence-electron chi connectivity index (χ1n) is 9.60. The number of benzene rings is 2. The molecule has 0 bridgehead atoms. The highest BCUT2D eigenvalue weighted by Crippen LogP contribution is 2.23. The Labute approximate surface area is 185 Å². The number of carbonyl (C=O) groups is 1. The highest BCUT2D eigenvalue weighted by molar-refractivity contribution is 7.82. The Morgan fingerprint density at radius 2 is 1.78 bits per heavy atom. The molecule has 1 aromatic heterocycles. The van der Waals surface area contributed by atoms with Crippen LogP contribution in [0.25, 0.3) is 0 Å². The van der Waals surface area contributed by atoms with Crippen molar-refractivity contribution in [2.45, 2.75) is 23.9 Å². The molecule has 3 N–H and O–H groups in total. The van der Waals surface area contributed by atoms with E-state index in [9.17, 15) is 18.6 Å². The number of hydrogen-bond donors (Lipinski definition) is 3. The molecule has 3 aromatic rings. The molecule has 0 aliphatic heterocycles. The Bertz CT molecular complexity index is 1190. The zero-order valence-electron chi connectivity index (χ0n) is 17.1. The summed E-state index contributed by atoms with van der Waals surface area (Å²) in [5.74, 6) is 0.444. The van der Waals surface area contributed by atoms with E-state index in [-0.39, 0.29) is 13.0 Å². The molecule has 2 aromatic carbocycles. The fraction of sp³-hybridized carbons (Fsp3) is 0.190. The Morgan fingerprint density at radius 1 is 1.12 bits per heavy atom. The van der Waals surface area contributed by atoms with Crippen LogP contribution in [0.5, 0.6) is 11.5 Å². The molecule has 3 rings (SSSR count). The van der Waals surface area contributed by atoms with Gasteiger partial charge in [-0.1, -0.05) is 18.2 Å². The second-order valence-corrected chi connectivity index (χ2v) is 8.31. The lowest BCUT2D eigenvalue weighted by molar-refractivity contribution is -0.133. The van der Waals surface area contributed by atoms with E-state index in [0.717, 1.165) is 0 Å². The van der Waals surface area contributed by atoms with Gasteiger partial charge in [-0.05, 0) is 42.8 Å². The minimum absolute atomic E-state index is 0.0514. The van der Waals surface area contributed by atoms with Crippen LogP contribution in [0.1, 0.15) is 6.42 Å². The molecule has 10 nitrogen and oxygen atoms in total. The van der Waals surface area contributed by atoms with Crippen molar-refractivity contribution in [2.24, 2.45) is 0 Å². The Kier molecular flexibility index (Phi) is 7.71. The standard InChI is InChI=1S/C21H22N4O6S/c1-24(18(20(27)23-29)11-13-25-14-12-19(26)22-21(25)28)32(30)17-9-7-16(8-10-17)31-15-5-3-2-4-6-15/h2-10,12,14,18,29H,11,13H2,1H3,(H,23,27)(H,22,26,28). The molecule has 2 atom stereocenters. The van der Waals surface area contributed by atoms with Crippen molar-refractivity contribution >= 4 is 16.9 Å². The number of aromatic nitrogens is 2. The van der Waals surface area contributed by atoms with Gasteiger partial charge in [0.05, 0.1) is 4.90 Å². The lowest BCUT2D eigenvalue weighted by atomic mass is 10.2. The fourth-order valence-corrected chi connectivity index (χ4v) is 4.10. The van der Waals surface area contributed by atoms with Crippen LogP contribution in [0.2, 0.25) is 0 Å². The van der Waals surface area contributed by atoms with Crippen LogP contribution in [0.4, 0.5) is 0 Å². The van der Waals surface area contributed by atoms with Crippen LogP contribution in [0.3, 0.4) is 0 Å². The number of amides is 1. The number of aromatic amines is 1. The molecule has 0 spiro atoms. The number of rotatable bonds is 9. The maximum atomic E-state index is 13.0. The summed E-state index contributed by atoms with van der Waals surface area (Å²) in [6.07, 6.45) is 1.35. The van der Waals surface area contributed by atoms with Crippen molar-refractivity contribution in [3.63, 3.8) is 0 Å². The van der Waals surface area contributed by atoms with E-state index in [0.29, 0.717) is 16.4 Å². The molecule has 0 saturated heterocycles. The van der Waals surface area contributed by atoms with Gasteiger partial charge >= 0.3 is 5.69 Å². The third-order valence-corrected chi connectivity index (χ3v) is 6.11. The molecule has 0 aliphatic carbocycles. The van der Waals surface area contributed by atoms with Crippen molar-refractivity contribution in [3.8, 4) is 11.5 Å². The van der Waals surface area contributed by atoms with E-state index in [1.54, 1.807) is 29.7 Å². The minimum atomic E-state index is -1.74. The van der Waals surface area contributed by atoms with Crippen molar-refractivity contribution < 1.29 is 18.9 Å². The number of nitrogens with zero attached hydrogens (tertiary/aromatic N) is 2. The third kappa shape index (κ3) is 5.78. The first kappa shape index (κ1) is 23.1. The summed E-state index contributed by atoms with van der Waals surface area (Å²) in [6, 6.07) is 15.9. The van der Waals surface area contributed by atoms with Gasteiger partial charge < -0.3 is 9.30 Å². The molecule has 2 unspecified atom stereocenters. The molecular weight excluding hydrogens is 436 g/mol. The first-order valence-corrected chi connectivity index (χ1v) is 10.7. The van der Waals surface area contributed by atoms with Gasteiger partial charge in [-0.15, -0.1) is 0 Å². The number of carbonyl (C=O) groups excluding carboxylic acids is 1. The quantitative estimate of drug-likeness (QED) is 0.326. The summed E-state index contributed by atoms with van der Waals surface area (Å²) in [4.78, 5) is 37.8. The van der Waals surface area contributed by atoms with Gasteiger partial charge in [0.2, 0.25) is 0 Å². The number of hydroxylamine groups is 1. The van der Waals surface area contributed by atoms with E-state index in [4.69, 9.17) is 9.94 Å². The van der Waals surface area contributed by atoms with Gasteiger partial charge in [0.1, 0.15) is 28.5 Å². The lowest BCUT2D eigenvalue weighted by Crippen LogP contribution is -2.46. The monoisotopic (exact) mass is 458 g/mol.